The Balaban J connectivity index is 2.05. The van der Waals surface area contributed by atoms with E-state index in [0.29, 0.717) is 5.89 Å². The summed E-state index contributed by atoms with van der Waals surface area (Å²) in [6.07, 6.45) is 1.76. The number of hydrogen-bond donors (Lipinski definition) is 0. The largest absolute Gasteiger partial charge is 0.441 e. The number of aromatic nitrogens is 1. The van der Waals surface area contributed by atoms with Crippen molar-refractivity contribution >= 4 is 0 Å². The predicted octanol–water partition coefficient (Wildman–Crippen LogP) is 4.32. The second-order valence-corrected chi connectivity index (χ2v) is 4.19. The van der Waals surface area contributed by atoms with Crippen LogP contribution in [0, 0.1) is 6.92 Å². The first-order valence-electron chi connectivity index (χ1n) is 5.91. The molecule has 0 fully saturated rings. The van der Waals surface area contributed by atoms with E-state index >= 15 is 0 Å². The minimum Gasteiger partial charge on any atom is -0.441 e. The molecule has 2 aromatic carbocycles. The van der Waals surface area contributed by atoms with E-state index in [1.54, 1.807) is 6.20 Å². The molecule has 0 radical (unpaired) electrons. The molecule has 0 aliphatic rings. The van der Waals surface area contributed by atoms with Gasteiger partial charge >= 0.3 is 0 Å². The van der Waals surface area contributed by atoms with Crippen LogP contribution in [0.4, 0.5) is 0 Å². The molecule has 1 aromatic heterocycles. The molecule has 0 aliphatic heterocycles. The summed E-state index contributed by atoms with van der Waals surface area (Å²) >= 11 is 0. The molecule has 0 N–H and O–H groups in total. The molecule has 3 rings (SSSR count). The molecule has 0 bridgehead atoms. The Kier molecular flexibility index (Phi) is 2.69. The van der Waals surface area contributed by atoms with Crippen molar-refractivity contribution in [3.8, 4) is 22.5 Å². The molecule has 0 aliphatic carbocycles. The molecule has 0 amide bonds. The van der Waals surface area contributed by atoms with Gasteiger partial charge in [0, 0.05) is 12.5 Å². The fourth-order valence-corrected chi connectivity index (χ4v) is 1.98. The van der Waals surface area contributed by atoms with Gasteiger partial charge in [0.15, 0.2) is 11.7 Å². The highest BCUT2D eigenvalue weighted by atomic mass is 16.4. The minimum atomic E-state index is 0.690. The molecule has 3 aromatic rings. The molecule has 18 heavy (non-hydrogen) atoms. The van der Waals surface area contributed by atoms with E-state index in [1.165, 1.54) is 11.1 Å². The highest BCUT2D eigenvalue weighted by Gasteiger charge is 2.05. The number of oxazole rings is 1. The summed E-state index contributed by atoms with van der Waals surface area (Å²) < 4.78 is 5.55. The fraction of sp³-hybridized carbons (Fsp3) is 0.0625. The van der Waals surface area contributed by atoms with E-state index in [0.717, 1.165) is 11.3 Å². The Morgan fingerprint density at radius 3 is 2.28 bits per heavy atom. The Hall–Kier alpha value is -2.35. The second kappa shape index (κ2) is 4.49. The van der Waals surface area contributed by atoms with Crippen LogP contribution in [0.25, 0.3) is 22.5 Å². The van der Waals surface area contributed by atoms with Crippen molar-refractivity contribution in [3.05, 3.63) is 66.7 Å². The van der Waals surface area contributed by atoms with Crippen LogP contribution in [0.2, 0.25) is 0 Å². The first-order valence-corrected chi connectivity index (χ1v) is 5.91. The number of aryl methyl sites for hydroxylation is 1. The lowest BCUT2D eigenvalue weighted by Crippen LogP contribution is -1.79. The summed E-state index contributed by atoms with van der Waals surface area (Å²) in [6, 6.07) is 18.6. The molecule has 2 heteroatoms. The minimum absolute atomic E-state index is 0.690. The van der Waals surface area contributed by atoms with Crippen molar-refractivity contribution in [1.82, 2.24) is 4.98 Å². The van der Waals surface area contributed by atoms with Crippen molar-refractivity contribution in [2.75, 3.05) is 0 Å². The summed E-state index contributed by atoms with van der Waals surface area (Å²) in [5.41, 5.74) is 3.44. The highest BCUT2D eigenvalue weighted by Crippen LogP contribution is 2.26. The maximum atomic E-state index is 5.55. The first kappa shape index (κ1) is 10.8. The summed E-state index contributed by atoms with van der Waals surface area (Å²) in [4.78, 5) is 4.13. The van der Waals surface area contributed by atoms with Gasteiger partial charge in [0.2, 0.25) is 0 Å². The normalized spacial score (nSPS) is 10.5. The average molecular weight is 235 g/mol. The van der Waals surface area contributed by atoms with E-state index in [2.05, 4.69) is 29.2 Å². The molecule has 88 valence electrons. The highest BCUT2D eigenvalue weighted by molar-refractivity contribution is 5.70. The molecule has 2 nitrogen and oxygen atoms in total. The van der Waals surface area contributed by atoms with Crippen LogP contribution >= 0.6 is 0 Å². The standard InChI is InChI=1S/C16H13NO/c1-12-17-11-16(18-12)15-9-5-8-14(10-15)13-6-3-2-4-7-13/h2-11H,1H3. The van der Waals surface area contributed by atoms with E-state index < -0.39 is 0 Å². The summed E-state index contributed by atoms with van der Waals surface area (Å²) in [5, 5.41) is 0. The van der Waals surface area contributed by atoms with Gasteiger partial charge < -0.3 is 4.42 Å². The summed E-state index contributed by atoms with van der Waals surface area (Å²) in [6.45, 7) is 1.85. The number of hydrogen-bond acceptors (Lipinski definition) is 2. The van der Waals surface area contributed by atoms with Crippen molar-refractivity contribution < 1.29 is 4.42 Å². The molecule has 0 spiro atoms. The quantitative estimate of drug-likeness (QED) is 0.661. The van der Waals surface area contributed by atoms with E-state index in [4.69, 9.17) is 4.42 Å². The first-order chi connectivity index (χ1) is 8.83. The Bertz CT molecular complexity index is 656. The lowest BCUT2D eigenvalue weighted by Gasteiger charge is -2.03. The average Bonchev–Trinajstić information content (AvgIpc) is 2.87. The zero-order chi connectivity index (χ0) is 12.4. The van der Waals surface area contributed by atoms with Gasteiger partial charge in [-0.1, -0.05) is 48.5 Å². The maximum absolute atomic E-state index is 5.55. The van der Waals surface area contributed by atoms with Gasteiger partial charge in [-0.3, -0.25) is 0 Å². The van der Waals surface area contributed by atoms with Crippen molar-refractivity contribution in [2.45, 2.75) is 6.92 Å². The SMILES string of the molecule is Cc1ncc(-c2cccc(-c3ccccc3)c2)o1. The third kappa shape index (κ3) is 2.05. The monoisotopic (exact) mass is 235 g/mol. The van der Waals surface area contributed by atoms with Gasteiger partial charge in [-0.15, -0.1) is 0 Å². The van der Waals surface area contributed by atoms with Crippen LogP contribution in [-0.2, 0) is 0 Å². The van der Waals surface area contributed by atoms with E-state index in [1.807, 2.05) is 37.3 Å². The Labute approximate surface area is 106 Å². The van der Waals surface area contributed by atoms with Crippen LogP contribution in [-0.4, -0.2) is 4.98 Å². The lowest BCUT2D eigenvalue weighted by molar-refractivity contribution is 0.534. The van der Waals surface area contributed by atoms with Gasteiger partial charge in [-0.25, -0.2) is 4.98 Å². The second-order valence-electron chi connectivity index (χ2n) is 4.19. The molecule has 0 atom stereocenters. The molecular formula is C16H13NO. The fourth-order valence-electron chi connectivity index (χ4n) is 1.98. The lowest BCUT2D eigenvalue weighted by atomic mass is 10.0. The zero-order valence-corrected chi connectivity index (χ0v) is 10.1. The van der Waals surface area contributed by atoms with Gasteiger partial charge in [0.05, 0.1) is 6.20 Å². The predicted molar refractivity (Wildman–Crippen MR) is 72.1 cm³/mol. The van der Waals surface area contributed by atoms with E-state index in [9.17, 15) is 0 Å². The molecule has 0 saturated heterocycles. The van der Waals surface area contributed by atoms with Gasteiger partial charge in [0.25, 0.3) is 0 Å². The van der Waals surface area contributed by atoms with Gasteiger partial charge in [-0.2, -0.15) is 0 Å². The van der Waals surface area contributed by atoms with Crippen LogP contribution in [0.1, 0.15) is 5.89 Å². The van der Waals surface area contributed by atoms with E-state index in [-0.39, 0.29) is 0 Å². The van der Waals surface area contributed by atoms with Crippen LogP contribution in [0.5, 0.6) is 0 Å². The molecule has 1 heterocycles. The third-order valence-corrected chi connectivity index (χ3v) is 2.88. The third-order valence-electron chi connectivity index (χ3n) is 2.88. The molecule has 0 saturated carbocycles. The zero-order valence-electron chi connectivity index (χ0n) is 10.1. The van der Waals surface area contributed by atoms with Crippen LogP contribution in [0.3, 0.4) is 0 Å². The van der Waals surface area contributed by atoms with Crippen molar-refractivity contribution in [1.29, 1.82) is 0 Å². The number of nitrogens with zero attached hydrogens (tertiary/aromatic N) is 1. The molecular weight excluding hydrogens is 222 g/mol. The summed E-state index contributed by atoms with van der Waals surface area (Å²) in [5.74, 6) is 1.50. The van der Waals surface area contributed by atoms with Crippen LogP contribution in [0.15, 0.2) is 65.2 Å². The van der Waals surface area contributed by atoms with Gasteiger partial charge in [0.1, 0.15) is 0 Å². The number of rotatable bonds is 2. The van der Waals surface area contributed by atoms with Crippen LogP contribution < -0.4 is 0 Å². The Morgan fingerprint density at radius 1 is 0.833 bits per heavy atom. The smallest absolute Gasteiger partial charge is 0.191 e. The number of benzene rings is 2. The van der Waals surface area contributed by atoms with Gasteiger partial charge in [-0.05, 0) is 17.2 Å². The maximum Gasteiger partial charge on any atom is 0.191 e. The van der Waals surface area contributed by atoms with Crippen molar-refractivity contribution in [3.63, 3.8) is 0 Å². The molecule has 0 unspecified atom stereocenters. The Morgan fingerprint density at radius 2 is 1.56 bits per heavy atom. The van der Waals surface area contributed by atoms with Crippen molar-refractivity contribution in [2.24, 2.45) is 0 Å². The topological polar surface area (TPSA) is 26.0 Å². The summed E-state index contributed by atoms with van der Waals surface area (Å²) in [7, 11) is 0.